The van der Waals surface area contributed by atoms with Crippen LogP contribution in [0.4, 0.5) is 5.69 Å². The molecule has 12 nitrogen and oxygen atoms in total. The van der Waals surface area contributed by atoms with Crippen molar-refractivity contribution in [1.82, 2.24) is 9.80 Å². The Bertz CT molecular complexity index is 1420. The Balaban J connectivity index is 1.50. The van der Waals surface area contributed by atoms with E-state index in [9.17, 15) is 39.6 Å². The normalized spacial score (nSPS) is 29.9. The Morgan fingerprint density at radius 2 is 1.90 bits per heavy atom. The van der Waals surface area contributed by atoms with Gasteiger partial charge >= 0.3 is 0 Å². The predicted molar refractivity (Wildman–Crippen MR) is 147 cm³/mol. The number of nitrogens with one attached hydrogen (secondary N) is 1. The molecular formula is C29H36N4O8. The van der Waals surface area contributed by atoms with Crippen LogP contribution < -0.4 is 11.1 Å². The number of nitrogens with two attached hydrogens (primary N) is 1. The van der Waals surface area contributed by atoms with E-state index in [-0.39, 0.29) is 42.1 Å². The summed E-state index contributed by atoms with van der Waals surface area (Å²) in [4.78, 5) is 55.6. The molecule has 1 fully saturated rings. The molecule has 0 aromatic heterocycles. The van der Waals surface area contributed by atoms with Crippen LogP contribution in [-0.2, 0) is 20.8 Å². The maximum Gasteiger partial charge on any atom is 0.255 e. The molecule has 3 unspecified atom stereocenters. The first-order valence-corrected chi connectivity index (χ1v) is 13.8. The Morgan fingerprint density at radius 3 is 2.51 bits per heavy atom. The van der Waals surface area contributed by atoms with Gasteiger partial charge in [0.25, 0.3) is 5.91 Å². The van der Waals surface area contributed by atoms with Gasteiger partial charge in [-0.3, -0.25) is 29.0 Å². The van der Waals surface area contributed by atoms with Crippen LogP contribution in [0.25, 0.3) is 0 Å². The lowest BCUT2D eigenvalue weighted by molar-refractivity contribution is -0.148. The summed E-state index contributed by atoms with van der Waals surface area (Å²) in [5, 5.41) is 47.6. The molecule has 7 N–H and O–H groups in total. The number of aliphatic hydroxyl groups excluding tert-OH is 2. The third-order valence-corrected chi connectivity index (χ3v) is 9.18. The van der Waals surface area contributed by atoms with Crippen molar-refractivity contribution in [2.24, 2.45) is 23.5 Å². The van der Waals surface area contributed by atoms with E-state index in [4.69, 9.17) is 5.73 Å². The molecule has 1 heterocycles. The summed E-state index contributed by atoms with van der Waals surface area (Å²) in [5.74, 6) is -6.91. The average Bonchev–Trinajstić information content (AvgIpc) is 3.34. The van der Waals surface area contributed by atoms with Crippen LogP contribution in [0.15, 0.2) is 34.8 Å². The molecule has 2 amide bonds. The minimum Gasteiger partial charge on any atom is -0.510 e. The second kappa shape index (κ2) is 10.3. The number of phenols is 1. The molecule has 1 aliphatic heterocycles. The van der Waals surface area contributed by atoms with Crippen molar-refractivity contribution < 1.29 is 39.6 Å². The number of aromatic hydroxyl groups is 1. The van der Waals surface area contributed by atoms with Gasteiger partial charge in [-0.1, -0.05) is 19.4 Å². The zero-order valence-electron chi connectivity index (χ0n) is 23.3. The molecule has 3 aliphatic carbocycles. The highest BCUT2D eigenvalue weighted by Gasteiger charge is 2.63. The number of ketones is 2. The average molecular weight is 569 g/mol. The molecule has 0 spiro atoms. The number of primary amides is 1. The van der Waals surface area contributed by atoms with Gasteiger partial charge in [-0.05, 0) is 63.4 Å². The number of aliphatic hydroxyl groups is 3. The van der Waals surface area contributed by atoms with E-state index >= 15 is 0 Å². The first-order chi connectivity index (χ1) is 19.3. The van der Waals surface area contributed by atoms with Crippen LogP contribution in [0.3, 0.4) is 0 Å². The minimum atomic E-state index is -2.70. The molecule has 1 aromatic rings. The number of likely N-dealkylation sites (N-methyl/N-ethyl adjacent to an activating group) is 1. The van der Waals surface area contributed by atoms with Crippen molar-refractivity contribution in [1.29, 1.82) is 0 Å². The standard InChI is InChI=1S/C29H36N4O8/c1-4-13-7-8-33(11-13)12-18(34)31-17-6-5-14-9-15-10-16-22(32(2)3)25(37)21(28(30)40)27(39)29(16,41)26(38)20(15)24(36)19(14)23(17)35/h5-6,13,15-16,22,35,37-38,41H,4,7-12H2,1-3H3,(H2,30,40)(H,31,34)/t13?,15?,16?,22-,29-/m0/s1. The molecule has 41 heavy (non-hydrogen) atoms. The van der Waals surface area contributed by atoms with Crippen LogP contribution in [0.2, 0.25) is 0 Å². The van der Waals surface area contributed by atoms with Crippen molar-refractivity contribution in [3.8, 4) is 5.75 Å². The SMILES string of the molecule is CCC1CCN(CC(=O)Nc2ccc3c(c2O)C(=O)C2=C(O)[C@]4(O)C(=O)C(C(N)=O)=C(O)[C@@H](N(C)C)C4CC2C3)C1. The fourth-order valence-electron chi connectivity index (χ4n) is 7.11. The third-order valence-electron chi connectivity index (χ3n) is 9.18. The summed E-state index contributed by atoms with van der Waals surface area (Å²) in [6, 6.07) is 2.10. The number of anilines is 1. The number of nitrogens with zero attached hydrogens (tertiary/aromatic N) is 2. The number of hydrogen-bond acceptors (Lipinski definition) is 10. The number of amides is 2. The summed E-state index contributed by atoms with van der Waals surface area (Å²) in [5.41, 5.74) is 1.93. The number of likely N-dealkylation sites (tertiary alicyclic amines) is 1. The number of carbonyl (C=O) groups is 4. The number of Topliss-reactive ketones (excluding diaryl/α,β-unsaturated/α-hetero) is 2. The highest BCUT2D eigenvalue weighted by molar-refractivity contribution is 6.25. The minimum absolute atomic E-state index is 0.0135. The molecular weight excluding hydrogens is 532 g/mol. The second-order valence-corrected chi connectivity index (χ2v) is 11.8. The number of fused-ring (bicyclic) bond motifs is 3. The van der Waals surface area contributed by atoms with Gasteiger partial charge in [0, 0.05) is 18.0 Å². The van der Waals surface area contributed by atoms with Crippen molar-refractivity contribution >= 4 is 29.1 Å². The Hall–Kier alpha value is -3.74. The smallest absolute Gasteiger partial charge is 0.255 e. The molecule has 220 valence electrons. The zero-order chi connectivity index (χ0) is 30.0. The fraction of sp³-hybridized carbons (Fsp3) is 0.517. The highest BCUT2D eigenvalue weighted by atomic mass is 16.3. The van der Waals surface area contributed by atoms with E-state index in [1.165, 1.54) is 11.0 Å². The van der Waals surface area contributed by atoms with Crippen LogP contribution in [0.1, 0.15) is 42.1 Å². The molecule has 12 heteroatoms. The van der Waals surface area contributed by atoms with Crippen molar-refractivity contribution in [2.45, 2.75) is 44.2 Å². The number of phenolic OH excluding ortho intramolecular Hbond substituents is 1. The van der Waals surface area contributed by atoms with Crippen LogP contribution >= 0.6 is 0 Å². The summed E-state index contributed by atoms with van der Waals surface area (Å²) >= 11 is 0. The van der Waals surface area contributed by atoms with E-state index in [1.54, 1.807) is 20.2 Å². The molecule has 5 atom stereocenters. The van der Waals surface area contributed by atoms with Crippen molar-refractivity contribution in [2.75, 3.05) is 39.0 Å². The van der Waals surface area contributed by atoms with Crippen LogP contribution in [0, 0.1) is 17.8 Å². The van der Waals surface area contributed by atoms with E-state index in [2.05, 4.69) is 12.2 Å². The first kappa shape index (κ1) is 28.8. The Labute approximate surface area is 237 Å². The monoisotopic (exact) mass is 568 g/mol. The van der Waals surface area contributed by atoms with Gasteiger partial charge in [0.2, 0.25) is 11.7 Å². The summed E-state index contributed by atoms with van der Waals surface area (Å²) in [6.07, 6.45) is 2.25. The first-order valence-electron chi connectivity index (χ1n) is 13.8. The topological polar surface area (TPSA) is 194 Å². The van der Waals surface area contributed by atoms with Crippen molar-refractivity contribution in [3.05, 3.63) is 45.9 Å². The van der Waals surface area contributed by atoms with Gasteiger partial charge < -0.3 is 31.5 Å². The summed E-state index contributed by atoms with van der Waals surface area (Å²) < 4.78 is 0. The quantitative estimate of drug-likeness (QED) is 0.211. The Kier molecular flexibility index (Phi) is 7.21. The lowest BCUT2D eigenvalue weighted by atomic mass is 9.58. The zero-order valence-corrected chi connectivity index (χ0v) is 23.3. The summed E-state index contributed by atoms with van der Waals surface area (Å²) in [6.45, 7) is 3.87. The lowest BCUT2D eigenvalue weighted by Gasteiger charge is -2.50. The number of hydrogen-bond donors (Lipinski definition) is 6. The maximum absolute atomic E-state index is 13.8. The number of allylic oxidation sites excluding steroid dienone is 1. The van der Waals surface area contributed by atoms with Gasteiger partial charge in [-0.25, -0.2) is 0 Å². The van der Waals surface area contributed by atoms with E-state index in [0.717, 1.165) is 25.9 Å². The largest absolute Gasteiger partial charge is 0.510 e. The third kappa shape index (κ3) is 4.41. The molecule has 4 aliphatic rings. The second-order valence-electron chi connectivity index (χ2n) is 11.8. The van der Waals surface area contributed by atoms with Gasteiger partial charge in [0.15, 0.2) is 17.1 Å². The number of rotatable bonds is 6. The summed E-state index contributed by atoms with van der Waals surface area (Å²) in [7, 11) is 3.15. The molecule has 1 saturated heterocycles. The van der Waals surface area contributed by atoms with E-state index in [0.29, 0.717) is 11.5 Å². The van der Waals surface area contributed by atoms with Gasteiger partial charge in [0.1, 0.15) is 17.1 Å². The fourth-order valence-corrected chi connectivity index (χ4v) is 7.11. The molecule has 5 rings (SSSR count). The molecule has 1 aromatic carbocycles. The van der Waals surface area contributed by atoms with E-state index < -0.39 is 63.8 Å². The molecule has 0 saturated carbocycles. The number of benzene rings is 1. The van der Waals surface area contributed by atoms with Crippen LogP contribution in [-0.4, -0.2) is 99.0 Å². The highest BCUT2D eigenvalue weighted by Crippen LogP contribution is 2.52. The van der Waals surface area contributed by atoms with Gasteiger partial charge in [0.05, 0.1) is 23.8 Å². The van der Waals surface area contributed by atoms with Crippen molar-refractivity contribution in [3.63, 3.8) is 0 Å². The van der Waals surface area contributed by atoms with Gasteiger partial charge in [-0.2, -0.15) is 0 Å². The number of carbonyl (C=O) groups excluding carboxylic acids is 4. The van der Waals surface area contributed by atoms with E-state index in [1.807, 2.05) is 4.90 Å². The van der Waals surface area contributed by atoms with Gasteiger partial charge in [-0.15, -0.1) is 0 Å². The predicted octanol–water partition coefficient (Wildman–Crippen LogP) is 0.791. The maximum atomic E-state index is 13.8. The lowest BCUT2D eigenvalue weighted by Crippen LogP contribution is -2.63. The molecule has 0 bridgehead atoms. The molecule has 0 radical (unpaired) electrons. The Morgan fingerprint density at radius 1 is 1.20 bits per heavy atom. The van der Waals surface area contributed by atoms with Crippen LogP contribution in [0.5, 0.6) is 5.75 Å².